The van der Waals surface area contributed by atoms with Crippen molar-refractivity contribution < 1.29 is 24.2 Å². The fourth-order valence-electron chi connectivity index (χ4n) is 0.929. The monoisotopic (exact) mass is 235 g/mol. The van der Waals surface area contributed by atoms with Crippen LogP contribution in [-0.4, -0.2) is 23.1 Å². The number of benzene rings is 1. The third kappa shape index (κ3) is 5.12. The normalized spacial score (nSPS) is 9.88. The van der Waals surface area contributed by atoms with Crippen LogP contribution in [0.15, 0.2) is 42.5 Å². The highest BCUT2D eigenvalue weighted by molar-refractivity contribution is 6.01. The molecular formula is C11H9NO5. The van der Waals surface area contributed by atoms with Crippen LogP contribution in [0.25, 0.3) is 0 Å². The number of carboxylic acid groups (broad SMARTS) is 1. The van der Waals surface area contributed by atoms with Crippen LogP contribution in [0.2, 0.25) is 0 Å². The zero-order chi connectivity index (χ0) is 12.7. The molecule has 0 unspecified atom stereocenters. The smallest absolute Gasteiger partial charge is 0.411 e. The van der Waals surface area contributed by atoms with Crippen LogP contribution in [0.4, 0.5) is 4.79 Å². The minimum atomic E-state index is -1.49. The second-order valence-electron chi connectivity index (χ2n) is 2.86. The summed E-state index contributed by atoms with van der Waals surface area (Å²) in [6.07, 6.45) is 0.126. The van der Waals surface area contributed by atoms with Crippen molar-refractivity contribution in [2.75, 3.05) is 0 Å². The van der Waals surface area contributed by atoms with E-state index < -0.39 is 18.0 Å². The number of amides is 2. The maximum Gasteiger partial charge on any atom is 0.411 e. The van der Waals surface area contributed by atoms with Gasteiger partial charge in [0.05, 0.1) is 0 Å². The van der Waals surface area contributed by atoms with Gasteiger partial charge in [-0.2, -0.15) is 0 Å². The number of esters is 1. The zero-order valence-corrected chi connectivity index (χ0v) is 8.62. The Morgan fingerprint density at radius 1 is 1.12 bits per heavy atom. The molecule has 0 fully saturated rings. The summed E-state index contributed by atoms with van der Waals surface area (Å²) in [5.41, 5.74) is 0. The lowest BCUT2D eigenvalue weighted by atomic mass is 10.3. The first kappa shape index (κ1) is 12.4. The van der Waals surface area contributed by atoms with Crippen LogP contribution in [0.1, 0.15) is 0 Å². The summed E-state index contributed by atoms with van der Waals surface area (Å²) < 4.78 is 4.82. The summed E-state index contributed by atoms with van der Waals surface area (Å²) in [7, 11) is 0. The number of ether oxygens (including phenoxy) is 1. The fraction of sp³-hybridized carbons (Fsp3) is 0. The van der Waals surface area contributed by atoms with Gasteiger partial charge in [0.1, 0.15) is 5.75 Å². The Morgan fingerprint density at radius 2 is 1.76 bits per heavy atom. The van der Waals surface area contributed by atoms with Crippen LogP contribution < -0.4 is 10.1 Å². The average molecular weight is 235 g/mol. The van der Waals surface area contributed by atoms with E-state index in [0.29, 0.717) is 5.75 Å². The molecule has 0 aliphatic rings. The highest BCUT2D eigenvalue weighted by Crippen LogP contribution is 2.08. The number of hydrogen-bond donors (Lipinski definition) is 2. The lowest BCUT2D eigenvalue weighted by Crippen LogP contribution is -2.27. The van der Waals surface area contributed by atoms with Gasteiger partial charge in [-0.1, -0.05) is 18.2 Å². The maximum absolute atomic E-state index is 11.2. The Kier molecular flexibility index (Phi) is 4.44. The van der Waals surface area contributed by atoms with Gasteiger partial charge in [0, 0.05) is 12.2 Å². The summed E-state index contributed by atoms with van der Waals surface area (Å²) in [5, 5.41) is 9.75. The second kappa shape index (κ2) is 6.06. The van der Waals surface area contributed by atoms with Crippen molar-refractivity contribution in [3.63, 3.8) is 0 Å². The van der Waals surface area contributed by atoms with Crippen molar-refractivity contribution in [3.05, 3.63) is 42.5 Å². The first-order valence-corrected chi connectivity index (χ1v) is 4.57. The quantitative estimate of drug-likeness (QED) is 0.462. The highest BCUT2D eigenvalue weighted by atomic mass is 16.5. The van der Waals surface area contributed by atoms with Crippen molar-refractivity contribution in [2.45, 2.75) is 0 Å². The van der Waals surface area contributed by atoms with E-state index >= 15 is 0 Å². The van der Waals surface area contributed by atoms with E-state index in [2.05, 4.69) is 0 Å². The van der Waals surface area contributed by atoms with E-state index in [-0.39, 0.29) is 0 Å². The highest BCUT2D eigenvalue weighted by Gasteiger charge is 2.03. The van der Waals surface area contributed by atoms with Crippen LogP contribution in [-0.2, 0) is 9.59 Å². The third-order valence-electron chi connectivity index (χ3n) is 1.56. The predicted molar refractivity (Wildman–Crippen MR) is 57.4 cm³/mol. The third-order valence-corrected chi connectivity index (χ3v) is 1.56. The molecule has 17 heavy (non-hydrogen) atoms. The van der Waals surface area contributed by atoms with Gasteiger partial charge in [0.15, 0.2) is 0 Å². The molecule has 2 N–H and O–H groups in total. The Bertz CT molecular complexity index is 452. The molecule has 0 aliphatic heterocycles. The number of imide groups is 1. The van der Waals surface area contributed by atoms with Gasteiger partial charge in [-0.3, -0.25) is 10.1 Å². The number of para-hydroxylation sites is 1. The molecule has 1 aromatic carbocycles. The minimum Gasteiger partial charge on any atom is -0.465 e. The SMILES string of the molecule is O=C(O)NC(=O)/C=C\C(=O)Oc1ccccc1. The molecule has 88 valence electrons. The predicted octanol–water partition coefficient (Wildman–Crippen LogP) is 0.942. The van der Waals surface area contributed by atoms with Crippen molar-refractivity contribution in [1.82, 2.24) is 5.32 Å². The average Bonchev–Trinajstić information content (AvgIpc) is 2.27. The molecule has 6 heteroatoms. The van der Waals surface area contributed by atoms with Crippen LogP contribution >= 0.6 is 0 Å². The van der Waals surface area contributed by atoms with Gasteiger partial charge in [-0.15, -0.1) is 0 Å². The Balaban J connectivity index is 2.47. The summed E-state index contributed by atoms with van der Waals surface area (Å²) in [6, 6.07) is 8.27. The van der Waals surface area contributed by atoms with Gasteiger partial charge in [-0.05, 0) is 12.1 Å². The molecule has 0 saturated heterocycles. The van der Waals surface area contributed by atoms with E-state index in [9.17, 15) is 14.4 Å². The van der Waals surface area contributed by atoms with Crippen molar-refractivity contribution >= 4 is 18.0 Å². The van der Waals surface area contributed by atoms with E-state index in [1.54, 1.807) is 35.6 Å². The number of nitrogens with one attached hydrogen (secondary N) is 1. The van der Waals surface area contributed by atoms with Crippen LogP contribution in [0.5, 0.6) is 5.75 Å². The molecule has 0 aliphatic carbocycles. The fourth-order valence-corrected chi connectivity index (χ4v) is 0.929. The van der Waals surface area contributed by atoms with Gasteiger partial charge < -0.3 is 9.84 Å². The largest absolute Gasteiger partial charge is 0.465 e. The lowest BCUT2D eigenvalue weighted by molar-refractivity contribution is -0.129. The molecule has 0 saturated carbocycles. The maximum atomic E-state index is 11.2. The topological polar surface area (TPSA) is 92.7 Å². The van der Waals surface area contributed by atoms with Crippen molar-refractivity contribution in [2.24, 2.45) is 0 Å². The molecule has 0 atom stereocenters. The van der Waals surface area contributed by atoms with E-state index in [0.717, 1.165) is 12.2 Å². The van der Waals surface area contributed by atoms with Crippen LogP contribution in [0, 0.1) is 0 Å². The van der Waals surface area contributed by atoms with Crippen LogP contribution in [0.3, 0.4) is 0 Å². The first-order valence-electron chi connectivity index (χ1n) is 4.57. The van der Waals surface area contributed by atoms with E-state index in [1.165, 1.54) is 0 Å². The molecule has 0 radical (unpaired) electrons. The lowest BCUT2D eigenvalue weighted by Gasteiger charge is -1.99. The standard InChI is InChI=1S/C11H9NO5/c13-9(12-11(15)16)6-7-10(14)17-8-4-2-1-3-5-8/h1-7H,(H,12,13)(H,15,16)/b7-6-. The Morgan fingerprint density at radius 3 is 2.35 bits per heavy atom. The number of hydrogen-bond acceptors (Lipinski definition) is 4. The molecule has 0 bridgehead atoms. The molecule has 0 heterocycles. The van der Waals surface area contributed by atoms with Crippen molar-refractivity contribution in [3.8, 4) is 5.75 Å². The minimum absolute atomic E-state index is 0.334. The number of carbonyl (C=O) groups excluding carboxylic acids is 2. The summed E-state index contributed by atoms with van der Waals surface area (Å²) in [5.74, 6) is -1.35. The van der Waals surface area contributed by atoms with Gasteiger partial charge in [-0.25, -0.2) is 9.59 Å². The molecule has 0 aromatic heterocycles. The molecule has 0 spiro atoms. The number of rotatable bonds is 3. The first-order chi connectivity index (χ1) is 8.08. The Labute approximate surface area is 96.5 Å². The summed E-state index contributed by atoms with van der Waals surface area (Å²) >= 11 is 0. The Hall–Kier alpha value is -2.63. The summed E-state index contributed by atoms with van der Waals surface area (Å²) in [6.45, 7) is 0. The van der Waals surface area contributed by atoms with Gasteiger partial charge in [0.2, 0.25) is 0 Å². The molecular weight excluding hydrogens is 226 g/mol. The van der Waals surface area contributed by atoms with Gasteiger partial charge >= 0.3 is 12.1 Å². The molecule has 1 aromatic rings. The second-order valence-corrected chi connectivity index (χ2v) is 2.86. The van der Waals surface area contributed by atoms with E-state index in [1.807, 2.05) is 0 Å². The van der Waals surface area contributed by atoms with Crippen molar-refractivity contribution in [1.29, 1.82) is 0 Å². The van der Waals surface area contributed by atoms with Gasteiger partial charge in [0.25, 0.3) is 5.91 Å². The molecule has 1 rings (SSSR count). The number of carbonyl (C=O) groups is 3. The molecule has 6 nitrogen and oxygen atoms in total. The summed E-state index contributed by atoms with van der Waals surface area (Å²) in [4.78, 5) is 32.1. The zero-order valence-electron chi connectivity index (χ0n) is 8.62. The van der Waals surface area contributed by atoms with E-state index in [4.69, 9.17) is 9.84 Å². The molecule has 2 amide bonds.